The van der Waals surface area contributed by atoms with E-state index in [-0.39, 0.29) is 31.9 Å². The molecule has 7 rings (SSSR count). The fourth-order valence-corrected chi connectivity index (χ4v) is 8.10. The standard InChI is InChI=1S/C35H42N4O6/c1-35(18-26-19-36-28-10-6-5-9-27(26)28,39-34(44)45-32-24-14-21-13-22(16-24)17-25(32)15-21)33(43)37-20-29(23-7-3-2-4-8-23)38-30(40)11-12-31(41)42/h2-10,19,21-22,24-25,29,32,36H,11-18,20H2,1H3,(H,37,43)(H,38,40)(H,39,44)(H,41,42)/t21?,22?,24?,25?,29-,32?,35+/m0/s1. The molecule has 45 heavy (non-hydrogen) atoms. The molecule has 5 N–H and O–H groups in total. The molecule has 4 saturated carbocycles. The lowest BCUT2D eigenvalue weighted by Crippen LogP contribution is -2.60. The number of alkyl carbamates (subject to hydrolysis) is 1. The van der Waals surface area contributed by atoms with E-state index in [2.05, 4.69) is 20.9 Å². The first-order valence-corrected chi connectivity index (χ1v) is 16.0. The maximum absolute atomic E-state index is 14.1. The molecular formula is C35H42N4O6. The van der Waals surface area contributed by atoms with Gasteiger partial charge in [0, 0.05) is 36.5 Å². The van der Waals surface area contributed by atoms with Crippen molar-refractivity contribution in [1.82, 2.24) is 20.9 Å². The summed E-state index contributed by atoms with van der Waals surface area (Å²) < 4.78 is 6.13. The van der Waals surface area contributed by atoms with Crippen LogP contribution < -0.4 is 16.0 Å². The van der Waals surface area contributed by atoms with Crippen molar-refractivity contribution < 1.29 is 29.0 Å². The molecule has 4 fully saturated rings. The number of carboxylic acid groups (broad SMARTS) is 1. The van der Waals surface area contributed by atoms with Crippen LogP contribution in [0.1, 0.15) is 69.0 Å². The number of aromatic amines is 1. The average molecular weight is 615 g/mol. The molecule has 1 heterocycles. The number of para-hydroxylation sites is 1. The van der Waals surface area contributed by atoms with E-state index >= 15 is 0 Å². The molecule has 0 spiro atoms. The number of fused-ring (bicyclic) bond motifs is 1. The van der Waals surface area contributed by atoms with Crippen molar-refractivity contribution in [3.63, 3.8) is 0 Å². The topological polar surface area (TPSA) is 150 Å². The van der Waals surface area contributed by atoms with Gasteiger partial charge in [-0.05, 0) is 79.9 Å². The fraction of sp³-hybridized carbons (Fsp3) is 0.486. The van der Waals surface area contributed by atoms with Gasteiger partial charge in [0.25, 0.3) is 0 Å². The quantitative estimate of drug-likeness (QED) is 0.197. The van der Waals surface area contributed by atoms with E-state index in [1.54, 1.807) is 6.92 Å². The summed E-state index contributed by atoms with van der Waals surface area (Å²) in [5, 5.41) is 18.7. The lowest BCUT2D eigenvalue weighted by molar-refractivity contribution is -0.138. The van der Waals surface area contributed by atoms with Crippen molar-refractivity contribution in [2.24, 2.45) is 23.7 Å². The highest BCUT2D eigenvalue weighted by Crippen LogP contribution is 2.54. The van der Waals surface area contributed by atoms with Gasteiger partial charge in [-0.1, -0.05) is 48.5 Å². The summed E-state index contributed by atoms with van der Waals surface area (Å²) in [6, 6.07) is 16.4. The number of hydrogen-bond acceptors (Lipinski definition) is 5. The van der Waals surface area contributed by atoms with Gasteiger partial charge in [-0.2, -0.15) is 0 Å². The van der Waals surface area contributed by atoms with E-state index in [0.717, 1.165) is 59.5 Å². The average Bonchev–Trinajstić information content (AvgIpc) is 3.42. The Kier molecular flexibility index (Phi) is 8.83. The number of aromatic nitrogens is 1. The van der Waals surface area contributed by atoms with Gasteiger partial charge >= 0.3 is 12.1 Å². The summed E-state index contributed by atoms with van der Waals surface area (Å²) in [6.07, 6.45) is 6.62. The third-order valence-electron chi connectivity index (χ3n) is 10.1. The highest BCUT2D eigenvalue weighted by molar-refractivity contribution is 5.91. The zero-order valence-electron chi connectivity index (χ0n) is 25.6. The van der Waals surface area contributed by atoms with E-state index < -0.39 is 35.5 Å². The smallest absolute Gasteiger partial charge is 0.408 e. The first-order chi connectivity index (χ1) is 21.7. The third-order valence-corrected chi connectivity index (χ3v) is 10.1. The maximum Gasteiger partial charge on any atom is 0.408 e. The molecule has 4 bridgehead atoms. The van der Waals surface area contributed by atoms with Gasteiger partial charge < -0.3 is 30.8 Å². The minimum atomic E-state index is -1.37. The molecule has 1 aromatic heterocycles. The number of benzene rings is 2. The molecule has 238 valence electrons. The number of amides is 3. The summed E-state index contributed by atoms with van der Waals surface area (Å²) >= 11 is 0. The molecular weight excluding hydrogens is 572 g/mol. The highest BCUT2D eigenvalue weighted by atomic mass is 16.6. The van der Waals surface area contributed by atoms with Gasteiger partial charge in [0.1, 0.15) is 11.6 Å². The monoisotopic (exact) mass is 614 g/mol. The van der Waals surface area contributed by atoms with Crippen LogP contribution in [-0.4, -0.2) is 52.2 Å². The zero-order chi connectivity index (χ0) is 31.6. The minimum Gasteiger partial charge on any atom is -0.481 e. The van der Waals surface area contributed by atoms with E-state index in [0.29, 0.717) is 11.8 Å². The molecule has 10 heteroatoms. The van der Waals surface area contributed by atoms with Gasteiger partial charge in [0.05, 0.1) is 12.5 Å². The number of carboxylic acids is 1. The number of ether oxygens (including phenoxy) is 1. The van der Waals surface area contributed by atoms with E-state index in [1.165, 1.54) is 6.42 Å². The van der Waals surface area contributed by atoms with E-state index in [4.69, 9.17) is 9.84 Å². The molecule has 0 radical (unpaired) electrons. The van der Waals surface area contributed by atoms with Crippen LogP contribution in [-0.2, 0) is 25.5 Å². The lowest BCUT2D eigenvalue weighted by Gasteiger charge is -2.53. The van der Waals surface area contributed by atoms with Crippen molar-refractivity contribution in [1.29, 1.82) is 0 Å². The molecule has 2 atom stereocenters. The predicted octanol–water partition coefficient (Wildman–Crippen LogP) is 4.86. The van der Waals surface area contributed by atoms with Crippen molar-refractivity contribution in [2.75, 3.05) is 6.54 Å². The number of H-pyrrole nitrogens is 1. The molecule has 3 aromatic rings. The van der Waals surface area contributed by atoms with Crippen molar-refractivity contribution in [3.05, 3.63) is 71.9 Å². The van der Waals surface area contributed by atoms with Gasteiger partial charge in [0.15, 0.2) is 0 Å². The second-order valence-corrected chi connectivity index (χ2v) is 13.4. The Bertz CT molecular complexity index is 1530. The maximum atomic E-state index is 14.1. The molecule has 10 nitrogen and oxygen atoms in total. The van der Waals surface area contributed by atoms with Crippen LogP contribution in [0.25, 0.3) is 10.9 Å². The van der Waals surface area contributed by atoms with E-state index in [1.807, 2.05) is 60.8 Å². The number of carbonyl (C=O) groups excluding carboxylic acids is 3. The highest BCUT2D eigenvalue weighted by Gasteiger charge is 2.50. The lowest BCUT2D eigenvalue weighted by atomic mass is 9.55. The number of rotatable bonds is 12. The molecule has 2 aromatic carbocycles. The molecule has 0 saturated heterocycles. The number of carbonyl (C=O) groups is 4. The van der Waals surface area contributed by atoms with E-state index in [9.17, 15) is 19.2 Å². The first kappa shape index (κ1) is 30.7. The first-order valence-electron chi connectivity index (χ1n) is 16.0. The number of aliphatic carboxylic acids is 1. The van der Waals surface area contributed by atoms with Gasteiger partial charge in [-0.15, -0.1) is 0 Å². The summed E-state index contributed by atoms with van der Waals surface area (Å²) in [5.41, 5.74) is 1.19. The summed E-state index contributed by atoms with van der Waals surface area (Å²) in [5.74, 6) is 0.351. The normalized spacial score (nSPS) is 25.2. The van der Waals surface area contributed by atoms with Gasteiger partial charge in [0.2, 0.25) is 11.8 Å². The van der Waals surface area contributed by atoms with Crippen LogP contribution in [0.2, 0.25) is 0 Å². The largest absolute Gasteiger partial charge is 0.481 e. The number of hydrogen-bond donors (Lipinski definition) is 5. The molecule has 0 unspecified atom stereocenters. The molecule has 4 aliphatic rings. The van der Waals surface area contributed by atoms with Gasteiger partial charge in [-0.25, -0.2) is 4.79 Å². The predicted molar refractivity (Wildman–Crippen MR) is 168 cm³/mol. The fourth-order valence-electron chi connectivity index (χ4n) is 8.10. The summed E-state index contributed by atoms with van der Waals surface area (Å²) in [7, 11) is 0. The second-order valence-electron chi connectivity index (χ2n) is 13.4. The van der Waals surface area contributed by atoms with Crippen LogP contribution in [0.15, 0.2) is 60.8 Å². The van der Waals surface area contributed by atoms with Crippen molar-refractivity contribution >= 4 is 34.8 Å². The van der Waals surface area contributed by atoms with Crippen molar-refractivity contribution in [3.8, 4) is 0 Å². The summed E-state index contributed by atoms with van der Waals surface area (Å²) in [4.78, 5) is 54.4. The van der Waals surface area contributed by atoms with Crippen LogP contribution >= 0.6 is 0 Å². The Hall–Kier alpha value is -4.34. The molecule has 4 aliphatic carbocycles. The Balaban J connectivity index is 1.19. The SMILES string of the molecule is C[C@](Cc1c[nH]c2ccccc12)(NC(=O)OC1C2CC3CC(C2)CC1C3)C(=O)NC[C@H](NC(=O)CCC(=O)O)c1ccccc1. The van der Waals surface area contributed by atoms with Crippen molar-refractivity contribution in [2.45, 2.75) is 76.0 Å². The number of nitrogens with one attached hydrogen (secondary N) is 4. The molecule has 0 aliphatic heterocycles. The Morgan fingerprint density at radius 2 is 1.60 bits per heavy atom. The Labute approximate surface area is 262 Å². The van der Waals surface area contributed by atoms with Crippen LogP contribution in [0.4, 0.5) is 4.79 Å². The molecule has 3 amide bonds. The zero-order valence-corrected chi connectivity index (χ0v) is 25.6. The Morgan fingerprint density at radius 3 is 2.29 bits per heavy atom. The Morgan fingerprint density at radius 1 is 0.933 bits per heavy atom. The van der Waals surface area contributed by atoms with Crippen LogP contribution in [0.5, 0.6) is 0 Å². The van der Waals surface area contributed by atoms with Gasteiger partial charge in [-0.3, -0.25) is 14.4 Å². The minimum absolute atomic E-state index is 0.0391. The second kappa shape index (κ2) is 12.9. The third kappa shape index (κ3) is 7.00. The van der Waals surface area contributed by atoms with Crippen LogP contribution in [0.3, 0.4) is 0 Å². The van der Waals surface area contributed by atoms with Crippen LogP contribution in [0, 0.1) is 23.7 Å². The summed E-state index contributed by atoms with van der Waals surface area (Å²) in [6.45, 7) is 1.74.